The van der Waals surface area contributed by atoms with Gasteiger partial charge in [0.1, 0.15) is 5.41 Å². The molecule has 9 heteroatoms. The summed E-state index contributed by atoms with van der Waals surface area (Å²) < 4.78 is 37.0. The molecule has 0 aromatic heterocycles. The van der Waals surface area contributed by atoms with Crippen LogP contribution in [0, 0.1) is 0 Å². The highest BCUT2D eigenvalue weighted by Crippen LogP contribution is 2.36. The van der Waals surface area contributed by atoms with Crippen molar-refractivity contribution in [2.45, 2.75) is 11.8 Å². The highest BCUT2D eigenvalue weighted by Gasteiger charge is 2.42. The lowest BCUT2D eigenvalue weighted by Crippen LogP contribution is -2.43. The topological polar surface area (TPSA) is 124 Å². The van der Waals surface area contributed by atoms with Crippen LogP contribution in [0.1, 0.15) is 17.5 Å². The first-order valence-electron chi connectivity index (χ1n) is 9.08. The first-order chi connectivity index (χ1) is 13.7. The summed E-state index contributed by atoms with van der Waals surface area (Å²) in [6.07, 6.45) is 0.538. The number of aliphatic carboxylic acids is 1. The molecule has 1 fully saturated rings. The first-order valence-corrected chi connectivity index (χ1v) is 10.5. The minimum absolute atomic E-state index is 0.538. The van der Waals surface area contributed by atoms with Crippen molar-refractivity contribution in [2.75, 3.05) is 32.8 Å². The van der Waals surface area contributed by atoms with Crippen molar-refractivity contribution in [2.24, 2.45) is 0 Å². The maximum absolute atomic E-state index is 12.5. The van der Waals surface area contributed by atoms with Crippen molar-refractivity contribution < 1.29 is 32.2 Å². The largest absolute Gasteiger partial charge is 0.480 e. The van der Waals surface area contributed by atoms with Gasteiger partial charge in [0, 0.05) is 19.6 Å². The monoisotopic (exact) mass is 423 g/mol. The number of morpholine rings is 1. The Morgan fingerprint density at radius 2 is 1.34 bits per heavy atom. The minimum Gasteiger partial charge on any atom is -0.480 e. The molecule has 8 nitrogen and oxygen atoms in total. The molecular weight excluding hydrogens is 398 g/mol. The molecule has 0 radical (unpaired) electrons. The quantitative estimate of drug-likeness (QED) is 0.604. The van der Waals surface area contributed by atoms with Crippen molar-refractivity contribution in [3.8, 4) is 0 Å². The second-order valence-corrected chi connectivity index (χ2v) is 7.49. The van der Waals surface area contributed by atoms with E-state index >= 15 is 0 Å². The van der Waals surface area contributed by atoms with Gasteiger partial charge in [0.05, 0.1) is 13.2 Å². The molecule has 1 heterocycles. The first kappa shape index (κ1) is 23.0. The average molecular weight is 423 g/mol. The Morgan fingerprint density at radius 3 is 1.72 bits per heavy atom. The fourth-order valence-corrected chi connectivity index (χ4v) is 3.41. The van der Waals surface area contributed by atoms with E-state index in [0.29, 0.717) is 6.42 Å². The summed E-state index contributed by atoms with van der Waals surface area (Å²) >= 11 is 0. The Balaban J connectivity index is 0.000000537. The summed E-state index contributed by atoms with van der Waals surface area (Å²) in [5.41, 5.74) is 0.634. The minimum atomic E-state index is -4.67. The second-order valence-electron chi connectivity index (χ2n) is 6.59. The van der Waals surface area contributed by atoms with Crippen LogP contribution >= 0.6 is 0 Å². The number of nitrogens with zero attached hydrogens (tertiary/aromatic N) is 1. The van der Waals surface area contributed by atoms with Crippen molar-refractivity contribution in [3.63, 3.8) is 0 Å². The molecule has 0 aliphatic carbocycles. The van der Waals surface area contributed by atoms with Crippen molar-refractivity contribution in [1.82, 2.24) is 4.90 Å². The van der Waals surface area contributed by atoms with E-state index < -0.39 is 21.8 Å². The Labute approximate surface area is 170 Å². The van der Waals surface area contributed by atoms with E-state index in [2.05, 4.69) is 4.90 Å². The number of ether oxygens (including phenoxy) is 1. The van der Waals surface area contributed by atoms with Gasteiger partial charge in [-0.15, -0.1) is 0 Å². The van der Waals surface area contributed by atoms with E-state index in [4.69, 9.17) is 22.3 Å². The summed E-state index contributed by atoms with van der Waals surface area (Å²) in [7, 11) is -4.67. The molecule has 1 aliphatic rings. The molecule has 3 N–H and O–H groups in total. The van der Waals surface area contributed by atoms with Gasteiger partial charge in [-0.25, -0.2) is 0 Å². The second kappa shape index (κ2) is 10.5. The van der Waals surface area contributed by atoms with Gasteiger partial charge in [0.15, 0.2) is 0 Å². The maximum Gasteiger partial charge on any atom is 0.394 e. The zero-order chi connectivity index (χ0) is 21.3. The number of carbonyl (C=O) groups is 1. The summed E-state index contributed by atoms with van der Waals surface area (Å²) in [5.74, 6) is -0.798. The molecule has 0 saturated carbocycles. The van der Waals surface area contributed by atoms with Crippen molar-refractivity contribution in [1.29, 1.82) is 0 Å². The highest BCUT2D eigenvalue weighted by molar-refractivity contribution is 7.79. The van der Waals surface area contributed by atoms with E-state index in [1.165, 1.54) is 0 Å². The normalized spacial score (nSPS) is 15.2. The molecule has 158 valence electrons. The van der Waals surface area contributed by atoms with Crippen LogP contribution in [0.15, 0.2) is 60.7 Å². The van der Waals surface area contributed by atoms with Crippen molar-refractivity contribution >= 4 is 16.4 Å². The van der Waals surface area contributed by atoms with Crippen LogP contribution in [0.5, 0.6) is 0 Å². The molecule has 2 aromatic carbocycles. The average Bonchev–Trinajstić information content (AvgIpc) is 2.69. The smallest absolute Gasteiger partial charge is 0.394 e. The molecule has 0 atom stereocenters. The predicted molar refractivity (Wildman–Crippen MR) is 107 cm³/mol. The summed E-state index contributed by atoms with van der Waals surface area (Å²) in [4.78, 5) is 14.7. The molecule has 1 aliphatic heterocycles. The molecule has 29 heavy (non-hydrogen) atoms. The number of rotatable bonds is 6. The number of hydrogen-bond acceptors (Lipinski definition) is 5. The Morgan fingerprint density at radius 1 is 0.931 bits per heavy atom. The lowest BCUT2D eigenvalue weighted by atomic mass is 9.72. The third-order valence-corrected chi connectivity index (χ3v) is 4.81. The van der Waals surface area contributed by atoms with E-state index in [1.54, 1.807) is 0 Å². The van der Waals surface area contributed by atoms with Gasteiger partial charge in [-0.1, -0.05) is 60.7 Å². The summed E-state index contributed by atoms with van der Waals surface area (Å²) in [6.45, 7) is 3.89. The molecule has 0 spiro atoms. The van der Waals surface area contributed by atoms with E-state index in [0.717, 1.165) is 44.0 Å². The molecule has 0 bridgehead atoms. The van der Waals surface area contributed by atoms with Gasteiger partial charge in [0.25, 0.3) is 0 Å². The van der Waals surface area contributed by atoms with Crippen LogP contribution < -0.4 is 0 Å². The van der Waals surface area contributed by atoms with Gasteiger partial charge in [-0.2, -0.15) is 8.42 Å². The lowest BCUT2D eigenvalue weighted by molar-refractivity contribution is -0.142. The Hall–Kier alpha value is -2.30. The van der Waals surface area contributed by atoms with Gasteiger partial charge in [-0.3, -0.25) is 18.8 Å². The summed E-state index contributed by atoms with van der Waals surface area (Å²) in [6, 6.07) is 19.1. The Kier molecular flexibility index (Phi) is 8.30. The molecule has 1 saturated heterocycles. The van der Waals surface area contributed by atoms with Crippen LogP contribution in [0.4, 0.5) is 0 Å². The van der Waals surface area contributed by atoms with Gasteiger partial charge >= 0.3 is 16.4 Å². The van der Waals surface area contributed by atoms with Crippen LogP contribution in [0.3, 0.4) is 0 Å². The third-order valence-electron chi connectivity index (χ3n) is 4.81. The number of benzene rings is 2. The number of carboxylic acids is 1. The Bertz CT molecular complexity index is 819. The zero-order valence-electron chi connectivity index (χ0n) is 15.8. The highest BCUT2D eigenvalue weighted by atomic mass is 32.3. The third kappa shape index (κ3) is 6.91. The fourth-order valence-electron chi connectivity index (χ4n) is 3.41. The van der Waals surface area contributed by atoms with E-state index in [-0.39, 0.29) is 0 Å². The van der Waals surface area contributed by atoms with Crippen LogP contribution in [-0.2, 0) is 25.3 Å². The molecular formula is C20H25NO7S. The number of hydrogen-bond donors (Lipinski definition) is 3. The fraction of sp³-hybridized carbons (Fsp3) is 0.350. The lowest BCUT2D eigenvalue weighted by Gasteiger charge is -2.34. The summed E-state index contributed by atoms with van der Waals surface area (Å²) in [5, 5.41) is 10.2. The SMILES string of the molecule is O=C(O)C(CCN1CCOCC1)(c1ccccc1)c1ccccc1.O=S(=O)(O)O. The number of carboxylic acid groups (broad SMARTS) is 1. The maximum atomic E-state index is 12.5. The van der Waals surface area contributed by atoms with Crippen LogP contribution in [0.25, 0.3) is 0 Å². The van der Waals surface area contributed by atoms with Crippen LogP contribution in [0.2, 0.25) is 0 Å². The van der Waals surface area contributed by atoms with Gasteiger partial charge < -0.3 is 9.84 Å². The molecule has 0 unspecified atom stereocenters. The van der Waals surface area contributed by atoms with E-state index in [9.17, 15) is 9.90 Å². The zero-order valence-corrected chi connectivity index (χ0v) is 16.7. The van der Waals surface area contributed by atoms with Gasteiger partial charge in [-0.05, 0) is 17.5 Å². The molecule has 2 aromatic rings. The molecule has 3 rings (SSSR count). The van der Waals surface area contributed by atoms with E-state index in [1.807, 2.05) is 60.7 Å². The van der Waals surface area contributed by atoms with Gasteiger partial charge in [0.2, 0.25) is 0 Å². The van der Waals surface area contributed by atoms with Crippen molar-refractivity contribution in [3.05, 3.63) is 71.8 Å². The van der Waals surface area contributed by atoms with Crippen LogP contribution in [-0.4, -0.2) is 66.3 Å². The molecule has 0 amide bonds. The predicted octanol–water partition coefficient (Wildman–Crippen LogP) is 2.13. The standard InChI is InChI=1S/C20H23NO3.H2O4S/c22-19(23)20(17-7-3-1-4-8-17,18-9-5-2-6-10-18)11-12-21-13-15-24-16-14-21;1-5(2,3)4/h1-10H,11-16H2,(H,22,23);(H2,1,2,3,4).